The van der Waals surface area contributed by atoms with Crippen LogP contribution in [-0.4, -0.2) is 25.0 Å². The Morgan fingerprint density at radius 3 is 2.53 bits per heavy atom. The highest BCUT2D eigenvalue weighted by molar-refractivity contribution is 6.11. The van der Waals surface area contributed by atoms with Gasteiger partial charge in [-0.05, 0) is 62.1 Å². The van der Waals surface area contributed by atoms with Crippen molar-refractivity contribution in [1.29, 1.82) is 0 Å². The van der Waals surface area contributed by atoms with E-state index in [0.29, 0.717) is 12.1 Å². The zero-order chi connectivity index (χ0) is 23.9. The SMILES string of the molecule is COc1ccc(NC(=O)C2CC(Cc3ccccc3)NC23C(=O)Nc2c(C)cc(C)cc23)cc1. The summed E-state index contributed by atoms with van der Waals surface area (Å²) in [6.07, 6.45) is 1.29. The monoisotopic (exact) mass is 455 g/mol. The zero-order valence-corrected chi connectivity index (χ0v) is 19.6. The molecule has 174 valence electrons. The third-order valence-corrected chi connectivity index (χ3v) is 6.98. The first kappa shape index (κ1) is 22.2. The molecule has 3 unspecified atom stereocenters. The smallest absolute Gasteiger partial charge is 0.250 e. The van der Waals surface area contributed by atoms with Crippen molar-refractivity contribution in [2.24, 2.45) is 5.92 Å². The van der Waals surface area contributed by atoms with Crippen LogP contribution >= 0.6 is 0 Å². The molecule has 0 aromatic heterocycles. The summed E-state index contributed by atoms with van der Waals surface area (Å²) in [6, 6.07) is 21.5. The number of benzene rings is 3. The van der Waals surface area contributed by atoms with Crippen molar-refractivity contribution in [3.05, 3.63) is 89.0 Å². The Balaban J connectivity index is 1.52. The van der Waals surface area contributed by atoms with E-state index in [1.54, 1.807) is 19.2 Å². The maximum atomic E-state index is 13.7. The Morgan fingerprint density at radius 1 is 1.09 bits per heavy atom. The van der Waals surface area contributed by atoms with Gasteiger partial charge in [-0.3, -0.25) is 14.9 Å². The second kappa shape index (κ2) is 8.61. The highest BCUT2D eigenvalue weighted by Crippen LogP contribution is 2.49. The molecule has 0 aliphatic carbocycles. The molecule has 5 rings (SSSR count). The van der Waals surface area contributed by atoms with E-state index in [2.05, 4.69) is 34.1 Å². The van der Waals surface area contributed by atoms with Gasteiger partial charge in [0.25, 0.3) is 0 Å². The fourth-order valence-electron chi connectivity index (χ4n) is 5.45. The predicted molar refractivity (Wildman–Crippen MR) is 133 cm³/mol. The number of hydrogen-bond donors (Lipinski definition) is 3. The third kappa shape index (κ3) is 3.74. The number of carbonyl (C=O) groups excluding carboxylic acids is 2. The summed E-state index contributed by atoms with van der Waals surface area (Å²) in [6.45, 7) is 4.01. The Morgan fingerprint density at radius 2 is 1.82 bits per heavy atom. The van der Waals surface area contributed by atoms with Crippen LogP contribution in [0.4, 0.5) is 11.4 Å². The number of fused-ring (bicyclic) bond motifs is 2. The summed E-state index contributed by atoms with van der Waals surface area (Å²) in [4.78, 5) is 27.3. The molecule has 0 bridgehead atoms. The van der Waals surface area contributed by atoms with Gasteiger partial charge < -0.3 is 15.4 Å². The van der Waals surface area contributed by atoms with Gasteiger partial charge in [0.1, 0.15) is 11.3 Å². The van der Waals surface area contributed by atoms with E-state index in [4.69, 9.17) is 4.74 Å². The quantitative estimate of drug-likeness (QED) is 0.535. The van der Waals surface area contributed by atoms with Gasteiger partial charge >= 0.3 is 0 Å². The lowest BCUT2D eigenvalue weighted by molar-refractivity contribution is -0.130. The number of methoxy groups -OCH3 is 1. The number of carbonyl (C=O) groups is 2. The Labute approximate surface area is 199 Å². The molecular formula is C28H29N3O3. The van der Waals surface area contributed by atoms with E-state index in [9.17, 15) is 9.59 Å². The first-order valence-electron chi connectivity index (χ1n) is 11.6. The highest BCUT2D eigenvalue weighted by atomic mass is 16.5. The van der Waals surface area contributed by atoms with Gasteiger partial charge in [0.15, 0.2) is 0 Å². The number of anilines is 2. The molecule has 2 aliphatic heterocycles. The fourth-order valence-corrected chi connectivity index (χ4v) is 5.45. The molecule has 2 aliphatic rings. The molecule has 34 heavy (non-hydrogen) atoms. The van der Waals surface area contributed by atoms with Gasteiger partial charge in [-0.1, -0.05) is 48.0 Å². The summed E-state index contributed by atoms with van der Waals surface area (Å²) in [5.74, 6) is -0.183. The summed E-state index contributed by atoms with van der Waals surface area (Å²) in [7, 11) is 1.61. The van der Waals surface area contributed by atoms with Crippen molar-refractivity contribution >= 4 is 23.2 Å². The average Bonchev–Trinajstić information content (AvgIpc) is 3.34. The molecule has 1 spiro atoms. The van der Waals surface area contributed by atoms with Crippen molar-refractivity contribution < 1.29 is 14.3 Å². The molecule has 0 radical (unpaired) electrons. The van der Waals surface area contributed by atoms with Crippen LogP contribution in [0.2, 0.25) is 0 Å². The molecule has 0 saturated carbocycles. The minimum absolute atomic E-state index is 0.0217. The fraction of sp³-hybridized carbons (Fsp3) is 0.286. The normalized spacial score (nSPS) is 23.0. The highest BCUT2D eigenvalue weighted by Gasteiger charge is 2.60. The number of aryl methyl sites for hydroxylation is 2. The van der Waals surface area contributed by atoms with E-state index < -0.39 is 11.5 Å². The summed E-state index contributed by atoms with van der Waals surface area (Å²) in [5.41, 5.74) is 4.47. The number of hydrogen-bond acceptors (Lipinski definition) is 4. The minimum Gasteiger partial charge on any atom is -0.497 e. The lowest BCUT2D eigenvalue weighted by Gasteiger charge is -2.29. The molecule has 6 nitrogen and oxygen atoms in total. The van der Waals surface area contributed by atoms with Crippen LogP contribution in [0.5, 0.6) is 5.75 Å². The van der Waals surface area contributed by atoms with Crippen molar-refractivity contribution in [2.45, 2.75) is 38.3 Å². The summed E-state index contributed by atoms with van der Waals surface area (Å²) < 4.78 is 5.22. The topological polar surface area (TPSA) is 79.5 Å². The zero-order valence-electron chi connectivity index (χ0n) is 19.6. The molecule has 2 amide bonds. The Hall–Kier alpha value is -3.64. The largest absolute Gasteiger partial charge is 0.497 e. The Bertz CT molecular complexity index is 1240. The van der Waals surface area contributed by atoms with Crippen molar-refractivity contribution in [3.8, 4) is 5.75 Å². The van der Waals surface area contributed by atoms with Gasteiger partial charge in [0.05, 0.1) is 13.0 Å². The van der Waals surface area contributed by atoms with E-state index in [-0.39, 0.29) is 17.9 Å². The molecule has 1 fully saturated rings. The second-order valence-corrected chi connectivity index (χ2v) is 9.30. The van der Waals surface area contributed by atoms with E-state index in [0.717, 1.165) is 34.5 Å². The third-order valence-electron chi connectivity index (χ3n) is 6.98. The second-order valence-electron chi connectivity index (χ2n) is 9.30. The number of amides is 2. The first-order chi connectivity index (χ1) is 16.4. The van der Waals surface area contributed by atoms with Gasteiger partial charge in [-0.15, -0.1) is 0 Å². The van der Waals surface area contributed by atoms with Crippen molar-refractivity contribution in [2.75, 3.05) is 17.7 Å². The van der Waals surface area contributed by atoms with E-state index in [1.165, 1.54) is 5.56 Å². The molecule has 3 aromatic rings. The lowest BCUT2D eigenvalue weighted by atomic mass is 9.78. The Kier molecular flexibility index (Phi) is 5.62. The van der Waals surface area contributed by atoms with E-state index >= 15 is 0 Å². The molecule has 3 aromatic carbocycles. The lowest BCUT2D eigenvalue weighted by Crippen LogP contribution is -2.52. The van der Waals surface area contributed by atoms with Gasteiger partial charge in [0.2, 0.25) is 11.8 Å². The summed E-state index contributed by atoms with van der Waals surface area (Å²) in [5, 5.41) is 9.73. The minimum atomic E-state index is -1.11. The number of ether oxygens (including phenoxy) is 1. The molecule has 1 saturated heterocycles. The van der Waals surface area contributed by atoms with Crippen LogP contribution in [0.3, 0.4) is 0 Å². The maximum Gasteiger partial charge on any atom is 0.250 e. The van der Waals surface area contributed by atoms with E-state index in [1.807, 2.05) is 50.2 Å². The van der Waals surface area contributed by atoms with Crippen LogP contribution < -0.4 is 20.7 Å². The molecule has 2 heterocycles. The predicted octanol–water partition coefficient (Wildman–Crippen LogP) is 4.32. The molecule has 3 N–H and O–H groups in total. The number of nitrogens with one attached hydrogen (secondary N) is 3. The van der Waals surface area contributed by atoms with Crippen LogP contribution in [0, 0.1) is 19.8 Å². The molecular weight excluding hydrogens is 426 g/mol. The van der Waals surface area contributed by atoms with Gasteiger partial charge in [0, 0.05) is 23.0 Å². The van der Waals surface area contributed by atoms with Gasteiger partial charge in [-0.25, -0.2) is 0 Å². The maximum absolute atomic E-state index is 13.7. The van der Waals surface area contributed by atoms with Gasteiger partial charge in [-0.2, -0.15) is 0 Å². The molecule has 6 heteroatoms. The van der Waals surface area contributed by atoms with Crippen molar-refractivity contribution in [1.82, 2.24) is 5.32 Å². The standard InChI is InChI=1S/C28H29N3O3/c1-17-13-18(2)25-23(14-17)28(27(33)30-25)24(16-21(31-28)15-19-7-5-4-6-8-19)26(32)29-20-9-11-22(34-3)12-10-20/h4-14,21,24,31H,15-16H2,1-3H3,(H,29,32)(H,30,33). The van der Waals surface area contributed by atoms with Crippen LogP contribution in [0.15, 0.2) is 66.7 Å². The van der Waals surface area contributed by atoms with Crippen LogP contribution in [0.25, 0.3) is 0 Å². The first-order valence-corrected chi connectivity index (χ1v) is 11.6. The summed E-state index contributed by atoms with van der Waals surface area (Å²) >= 11 is 0. The average molecular weight is 456 g/mol. The molecule has 3 atom stereocenters. The van der Waals surface area contributed by atoms with Crippen molar-refractivity contribution in [3.63, 3.8) is 0 Å². The number of rotatable bonds is 5. The van der Waals surface area contributed by atoms with Crippen LogP contribution in [0.1, 0.15) is 28.7 Å². The van der Waals surface area contributed by atoms with Crippen LogP contribution in [-0.2, 0) is 21.5 Å².